The van der Waals surface area contributed by atoms with E-state index >= 15 is 0 Å². The molecule has 0 radical (unpaired) electrons. The van der Waals surface area contributed by atoms with Crippen LogP contribution in [-0.4, -0.2) is 19.1 Å². The topological polar surface area (TPSA) is 28.2 Å². The maximum absolute atomic E-state index is 13.0. The van der Waals surface area contributed by atoms with Gasteiger partial charge >= 0.3 is 0 Å². The van der Waals surface area contributed by atoms with Gasteiger partial charge in [0.2, 0.25) is 0 Å². The van der Waals surface area contributed by atoms with Crippen molar-refractivity contribution < 1.29 is 4.39 Å². The number of nitrogens with zero attached hydrogens (tertiary/aromatic N) is 2. The lowest BCUT2D eigenvalue weighted by molar-refractivity contribution is 0.627. The Morgan fingerprint density at radius 1 is 1.32 bits per heavy atom. The van der Waals surface area contributed by atoms with Crippen LogP contribution < -0.4 is 10.2 Å². The predicted octanol–water partition coefficient (Wildman–Crippen LogP) is 3.55. The molecule has 1 heterocycles. The summed E-state index contributed by atoms with van der Waals surface area (Å²) < 4.78 is 13.0. The van der Waals surface area contributed by atoms with Crippen LogP contribution in [0.25, 0.3) is 0 Å². The highest BCUT2D eigenvalue weighted by molar-refractivity contribution is 6.31. The maximum Gasteiger partial charge on any atom is 0.124 e. The summed E-state index contributed by atoms with van der Waals surface area (Å²) in [4.78, 5) is 6.09. The second-order valence-corrected chi connectivity index (χ2v) is 4.78. The summed E-state index contributed by atoms with van der Waals surface area (Å²) in [6.45, 7) is 0.519. The number of hydrogen-bond acceptors (Lipinski definition) is 3. The fourth-order valence-corrected chi connectivity index (χ4v) is 2.00. The smallest absolute Gasteiger partial charge is 0.124 e. The van der Waals surface area contributed by atoms with Crippen molar-refractivity contribution in [1.29, 1.82) is 0 Å². The van der Waals surface area contributed by atoms with Crippen molar-refractivity contribution >= 4 is 23.0 Å². The van der Waals surface area contributed by atoms with Gasteiger partial charge < -0.3 is 10.2 Å². The first-order valence-electron chi connectivity index (χ1n) is 5.87. The Labute approximate surface area is 117 Å². The van der Waals surface area contributed by atoms with Gasteiger partial charge in [-0.3, -0.25) is 4.98 Å². The van der Waals surface area contributed by atoms with Crippen molar-refractivity contribution in [2.24, 2.45) is 0 Å². The molecule has 0 saturated carbocycles. The van der Waals surface area contributed by atoms with Gasteiger partial charge in [0, 0.05) is 31.9 Å². The molecule has 19 heavy (non-hydrogen) atoms. The summed E-state index contributed by atoms with van der Waals surface area (Å²) in [6, 6.07) is 6.32. The Hall–Kier alpha value is -1.81. The zero-order valence-corrected chi connectivity index (χ0v) is 11.6. The Balaban J connectivity index is 2.14. The van der Waals surface area contributed by atoms with E-state index in [2.05, 4.69) is 10.3 Å². The molecule has 5 heteroatoms. The molecule has 0 aliphatic carbocycles. The standard InChI is InChI=1S/C14H15ClFN3/c1-19(2)14-5-6-17-9-13(14)18-8-10-3-4-11(16)7-12(10)15/h3-7,9,18H,8H2,1-2H3. The van der Waals surface area contributed by atoms with Gasteiger partial charge in [-0.1, -0.05) is 17.7 Å². The molecule has 0 aliphatic rings. The second kappa shape index (κ2) is 5.89. The SMILES string of the molecule is CN(C)c1ccncc1NCc1ccc(F)cc1Cl. The van der Waals surface area contributed by atoms with E-state index in [-0.39, 0.29) is 5.82 Å². The van der Waals surface area contributed by atoms with Crippen LogP contribution in [0.5, 0.6) is 0 Å². The molecule has 0 atom stereocenters. The first-order valence-corrected chi connectivity index (χ1v) is 6.25. The highest BCUT2D eigenvalue weighted by atomic mass is 35.5. The molecule has 1 aromatic heterocycles. The third-order valence-corrected chi connectivity index (χ3v) is 3.12. The largest absolute Gasteiger partial charge is 0.378 e. The Bertz CT molecular complexity index is 572. The minimum Gasteiger partial charge on any atom is -0.378 e. The molecule has 0 spiro atoms. The molecule has 0 aliphatic heterocycles. The molecule has 1 N–H and O–H groups in total. The number of aromatic nitrogens is 1. The van der Waals surface area contributed by atoms with E-state index < -0.39 is 0 Å². The number of rotatable bonds is 4. The van der Waals surface area contributed by atoms with Gasteiger partial charge in [0.15, 0.2) is 0 Å². The predicted molar refractivity (Wildman–Crippen MR) is 77.3 cm³/mol. The first kappa shape index (κ1) is 13.6. The maximum atomic E-state index is 13.0. The van der Waals surface area contributed by atoms with E-state index in [0.717, 1.165) is 16.9 Å². The zero-order chi connectivity index (χ0) is 13.8. The van der Waals surface area contributed by atoms with Crippen molar-refractivity contribution in [1.82, 2.24) is 4.98 Å². The fraction of sp³-hybridized carbons (Fsp3) is 0.214. The van der Waals surface area contributed by atoms with Crippen LogP contribution in [0.3, 0.4) is 0 Å². The van der Waals surface area contributed by atoms with Gasteiger partial charge in [0.05, 0.1) is 17.6 Å². The van der Waals surface area contributed by atoms with E-state index in [9.17, 15) is 4.39 Å². The van der Waals surface area contributed by atoms with Gasteiger partial charge in [-0.2, -0.15) is 0 Å². The Kier molecular flexibility index (Phi) is 4.22. The van der Waals surface area contributed by atoms with E-state index in [1.165, 1.54) is 12.1 Å². The molecule has 0 amide bonds. The average molecular weight is 280 g/mol. The van der Waals surface area contributed by atoms with Gasteiger partial charge in [-0.15, -0.1) is 0 Å². The minimum atomic E-state index is -0.330. The normalized spacial score (nSPS) is 10.3. The molecule has 0 bridgehead atoms. The molecule has 0 saturated heterocycles. The van der Waals surface area contributed by atoms with Crippen molar-refractivity contribution in [3.05, 3.63) is 53.1 Å². The fourth-order valence-electron chi connectivity index (χ4n) is 1.77. The number of halogens is 2. The zero-order valence-electron chi connectivity index (χ0n) is 10.8. The van der Waals surface area contributed by atoms with E-state index in [0.29, 0.717) is 11.6 Å². The molecular formula is C14H15ClFN3. The number of pyridine rings is 1. The van der Waals surface area contributed by atoms with Crippen molar-refractivity contribution in [2.75, 3.05) is 24.3 Å². The van der Waals surface area contributed by atoms with Crippen LogP contribution in [0.1, 0.15) is 5.56 Å². The molecular weight excluding hydrogens is 265 g/mol. The third kappa shape index (κ3) is 3.35. The Morgan fingerprint density at radius 2 is 2.11 bits per heavy atom. The van der Waals surface area contributed by atoms with Crippen LogP contribution in [-0.2, 0) is 6.54 Å². The Morgan fingerprint density at radius 3 is 2.79 bits per heavy atom. The van der Waals surface area contributed by atoms with Crippen LogP contribution >= 0.6 is 11.6 Å². The summed E-state index contributed by atoms with van der Waals surface area (Å²) in [5.41, 5.74) is 2.79. The molecule has 100 valence electrons. The van der Waals surface area contributed by atoms with Crippen LogP contribution in [0.2, 0.25) is 5.02 Å². The lowest BCUT2D eigenvalue weighted by Crippen LogP contribution is -2.12. The third-order valence-electron chi connectivity index (χ3n) is 2.76. The van der Waals surface area contributed by atoms with E-state index in [1.807, 2.05) is 25.1 Å². The highest BCUT2D eigenvalue weighted by Gasteiger charge is 2.06. The lowest BCUT2D eigenvalue weighted by atomic mass is 10.2. The van der Waals surface area contributed by atoms with Crippen molar-refractivity contribution in [3.8, 4) is 0 Å². The van der Waals surface area contributed by atoms with Gasteiger partial charge in [-0.25, -0.2) is 4.39 Å². The lowest BCUT2D eigenvalue weighted by Gasteiger charge is -2.18. The molecule has 3 nitrogen and oxygen atoms in total. The van der Waals surface area contributed by atoms with Gasteiger partial charge in [-0.05, 0) is 23.8 Å². The summed E-state index contributed by atoms with van der Waals surface area (Å²) in [6.07, 6.45) is 3.50. The van der Waals surface area contributed by atoms with Crippen LogP contribution in [0.15, 0.2) is 36.7 Å². The molecule has 2 rings (SSSR count). The minimum absolute atomic E-state index is 0.330. The van der Waals surface area contributed by atoms with Crippen LogP contribution in [0, 0.1) is 5.82 Å². The highest BCUT2D eigenvalue weighted by Crippen LogP contribution is 2.24. The summed E-state index contributed by atoms with van der Waals surface area (Å²) >= 11 is 5.99. The number of hydrogen-bond donors (Lipinski definition) is 1. The quantitative estimate of drug-likeness (QED) is 0.928. The molecule has 0 unspecified atom stereocenters. The van der Waals surface area contributed by atoms with E-state index in [1.54, 1.807) is 18.5 Å². The summed E-state index contributed by atoms with van der Waals surface area (Å²) in [5, 5.41) is 3.68. The van der Waals surface area contributed by atoms with Gasteiger partial charge in [0.25, 0.3) is 0 Å². The number of anilines is 2. The molecule has 1 aromatic carbocycles. The molecule has 0 fully saturated rings. The van der Waals surface area contributed by atoms with Crippen molar-refractivity contribution in [3.63, 3.8) is 0 Å². The average Bonchev–Trinajstić information content (AvgIpc) is 2.38. The van der Waals surface area contributed by atoms with Crippen LogP contribution in [0.4, 0.5) is 15.8 Å². The summed E-state index contributed by atoms with van der Waals surface area (Å²) in [7, 11) is 3.93. The molecule has 2 aromatic rings. The van der Waals surface area contributed by atoms with E-state index in [4.69, 9.17) is 11.6 Å². The van der Waals surface area contributed by atoms with Crippen molar-refractivity contribution in [2.45, 2.75) is 6.54 Å². The number of benzene rings is 1. The second-order valence-electron chi connectivity index (χ2n) is 4.38. The number of nitrogens with one attached hydrogen (secondary N) is 1. The first-order chi connectivity index (χ1) is 9.08. The monoisotopic (exact) mass is 279 g/mol. The summed E-state index contributed by atoms with van der Waals surface area (Å²) in [5.74, 6) is -0.330. The van der Waals surface area contributed by atoms with Gasteiger partial charge in [0.1, 0.15) is 5.82 Å².